The first-order chi connectivity index (χ1) is 13.2. The van der Waals surface area contributed by atoms with E-state index in [1.807, 2.05) is 12.1 Å². The fourth-order valence-electron chi connectivity index (χ4n) is 3.46. The van der Waals surface area contributed by atoms with Crippen molar-refractivity contribution in [2.45, 2.75) is 12.5 Å². The predicted molar refractivity (Wildman–Crippen MR) is 107 cm³/mol. The average molecular weight is 357 g/mol. The zero-order valence-corrected chi connectivity index (χ0v) is 15.2. The maximum Gasteiger partial charge on any atom is 0.123 e. The lowest BCUT2D eigenvalue weighted by atomic mass is 9.92. The summed E-state index contributed by atoms with van der Waals surface area (Å²) in [5.74, 6) is 7.23. The molecule has 3 aromatic rings. The van der Waals surface area contributed by atoms with E-state index >= 15 is 0 Å². The second kappa shape index (κ2) is 7.55. The smallest absolute Gasteiger partial charge is 0.123 e. The van der Waals surface area contributed by atoms with Crippen LogP contribution in [-0.4, -0.2) is 13.7 Å². The van der Waals surface area contributed by atoms with Gasteiger partial charge in [0.2, 0.25) is 0 Å². The highest BCUT2D eigenvalue weighted by Crippen LogP contribution is 2.34. The molecule has 1 heterocycles. The maximum atomic E-state index is 13.2. The summed E-state index contributed by atoms with van der Waals surface area (Å²) in [7, 11) is 1.67. The molecule has 0 saturated heterocycles. The Hall–Kier alpha value is -3.25. The van der Waals surface area contributed by atoms with Crippen molar-refractivity contribution in [2.75, 3.05) is 18.6 Å². The van der Waals surface area contributed by atoms with Gasteiger partial charge in [0, 0.05) is 17.8 Å². The van der Waals surface area contributed by atoms with Gasteiger partial charge in [0.1, 0.15) is 17.6 Å². The first-order valence-corrected chi connectivity index (χ1v) is 9.00. The number of rotatable bonds is 2. The number of fused-ring (bicyclic) bond motifs is 1. The molecule has 3 heteroatoms. The van der Waals surface area contributed by atoms with Crippen molar-refractivity contribution in [1.29, 1.82) is 0 Å². The minimum atomic E-state index is -0.247. The Morgan fingerprint density at radius 1 is 0.963 bits per heavy atom. The molecular formula is C24H20FNO. The average Bonchev–Trinajstić information content (AvgIpc) is 2.73. The van der Waals surface area contributed by atoms with E-state index in [1.165, 1.54) is 23.3 Å². The van der Waals surface area contributed by atoms with Crippen LogP contribution in [-0.2, 0) is 6.42 Å². The van der Waals surface area contributed by atoms with Gasteiger partial charge in [0.15, 0.2) is 0 Å². The highest BCUT2D eigenvalue weighted by atomic mass is 19.1. The third-order valence-electron chi connectivity index (χ3n) is 4.88. The van der Waals surface area contributed by atoms with Crippen LogP contribution in [0.2, 0.25) is 0 Å². The van der Waals surface area contributed by atoms with Gasteiger partial charge >= 0.3 is 0 Å². The van der Waals surface area contributed by atoms with E-state index in [0.29, 0.717) is 0 Å². The van der Waals surface area contributed by atoms with Gasteiger partial charge in [-0.2, -0.15) is 0 Å². The quantitative estimate of drug-likeness (QED) is 0.599. The van der Waals surface area contributed by atoms with Crippen molar-refractivity contribution in [3.63, 3.8) is 0 Å². The summed E-state index contributed by atoms with van der Waals surface area (Å²) in [6.45, 7) is 0.895. The summed E-state index contributed by atoms with van der Waals surface area (Å²) in [6.07, 6.45) is 0.983. The molecule has 1 aliphatic heterocycles. The number of anilines is 1. The molecule has 0 radical (unpaired) electrons. The van der Waals surface area contributed by atoms with Gasteiger partial charge in [0.05, 0.1) is 7.11 Å². The fourth-order valence-corrected chi connectivity index (χ4v) is 3.46. The minimum absolute atomic E-state index is 0.0478. The normalized spacial score (nSPS) is 15.5. The van der Waals surface area contributed by atoms with Crippen LogP contribution in [0.25, 0.3) is 0 Å². The summed E-state index contributed by atoms with van der Waals surface area (Å²) < 4.78 is 18.4. The highest BCUT2D eigenvalue weighted by molar-refractivity contribution is 5.57. The number of nitrogens with zero attached hydrogens (tertiary/aromatic N) is 1. The summed E-state index contributed by atoms with van der Waals surface area (Å²) in [5.41, 5.74) is 4.49. The number of benzene rings is 3. The molecule has 1 aliphatic rings. The van der Waals surface area contributed by atoms with Gasteiger partial charge < -0.3 is 9.64 Å². The van der Waals surface area contributed by atoms with E-state index in [4.69, 9.17) is 4.74 Å². The number of hydrogen-bond donors (Lipinski definition) is 0. The third-order valence-corrected chi connectivity index (χ3v) is 4.88. The fraction of sp³-hybridized carbons (Fsp3) is 0.167. The second-order valence-electron chi connectivity index (χ2n) is 6.52. The van der Waals surface area contributed by atoms with Crippen LogP contribution in [0.4, 0.5) is 10.1 Å². The summed E-state index contributed by atoms with van der Waals surface area (Å²) in [4.78, 5) is 2.32. The molecule has 0 aromatic heterocycles. The van der Waals surface area contributed by atoms with Gasteiger partial charge in [-0.3, -0.25) is 0 Å². The molecule has 0 fully saturated rings. The van der Waals surface area contributed by atoms with E-state index in [1.54, 1.807) is 19.2 Å². The molecule has 134 valence electrons. The van der Waals surface area contributed by atoms with Gasteiger partial charge in [-0.25, -0.2) is 4.39 Å². The van der Waals surface area contributed by atoms with Crippen LogP contribution in [0.1, 0.15) is 22.7 Å². The standard InChI is InChI=1S/C24H20FNO/c1-27-22-13-11-21(12-14-22)26-17-16-19-4-2-3-5-23(19)24(26)15-8-18-6-9-20(25)10-7-18/h2-7,9-14,24H,16-17H2,1H3. The monoisotopic (exact) mass is 357 g/mol. The summed E-state index contributed by atoms with van der Waals surface area (Å²) in [5, 5.41) is 0. The Bertz CT molecular complexity index is 983. The van der Waals surface area contributed by atoms with Gasteiger partial charge in [-0.15, -0.1) is 0 Å². The van der Waals surface area contributed by atoms with Crippen LogP contribution >= 0.6 is 0 Å². The summed E-state index contributed by atoms with van der Waals surface area (Å²) in [6, 6.07) is 22.8. The SMILES string of the molecule is COc1ccc(N2CCc3ccccc3C2C#Cc2ccc(F)cc2)cc1. The van der Waals surface area contributed by atoms with E-state index < -0.39 is 0 Å². The van der Waals surface area contributed by atoms with E-state index in [-0.39, 0.29) is 11.9 Å². The van der Waals surface area contributed by atoms with Crippen LogP contribution in [0, 0.1) is 17.7 Å². The van der Waals surface area contributed by atoms with Crippen molar-refractivity contribution in [2.24, 2.45) is 0 Å². The molecule has 1 unspecified atom stereocenters. The topological polar surface area (TPSA) is 12.5 Å². The molecular weight excluding hydrogens is 337 g/mol. The number of hydrogen-bond acceptors (Lipinski definition) is 2. The zero-order valence-electron chi connectivity index (χ0n) is 15.2. The first-order valence-electron chi connectivity index (χ1n) is 9.00. The molecule has 0 N–H and O–H groups in total. The predicted octanol–water partition coefficient (Wildman–Crippen LogP) is 4.99. The Morgan fingerprint density at radius 2 is 1.70 bits per heavy atom. The molecule has 0 spiro atoms. The van der Waals surface area contributed by atoms with Crippen molar-refractivity contribution in [3.8, 4) is 17.6 Å². The van der Waals surface area contributed by atoms with Crippen LogP contribution < -0.4 is 9.64 Å². The molecule has 2 nitrogen and oxygen atoms in total. The van der Waals surface area contributed by atoms with Gasteiger partial charge in [-0.05, 0) is 66.1 Å². The minimum Gasteiger partial charge on any atom is -0.497 e. The lowest BCUT2D eigenvalue weighted by Crippen LogP contribution is -2.34. The lowest BCUT2D eigenvalue weighted by Gasteiger charge is -2.36. The Balaban J connectivity index is 1.73. The number of ether oxygens (including phenoxy) is 1. The van der Waals surface area contributed by atoms with E-state index in [9.17, 15) is 4.39 Å². The number of methoxy groups -OCH3 is 1. The van der Waals surface area contributed by atoms with Crippen molar-refractivity contribution < 1.29 is 9.13 Å². The van der Waals surface area contributed by atoms with Crippen molar-refractivity contribution >= 4 is 5.69 Å². The lowest BCUT2D eigenvalue weighted by molar-refractivity contribution is 0.415. The molecule has 1 atom stereocenters. The molecule has 0 aliphatic carbocycles. The summed E-state index contributed by atoms with van der Waals surface area (Å²) >= 11 is 0. The van der Waals surface area contributed by atoms with Crippen molar-refractivity contribution in [3.05, 3.63) is 95.3 Å². The van der Waals surface area contributed by atoms with E-state index in [0.717, 1.165) is 30.0 Å². The molecule has 0 saturated carbocycles. The Morgan fingerprint density at radius 3 is 2.44 bits per heavy atom. The number of halogens is 1. The van der Waals surface area contributed by atoms with Crippen LogP contribution in [0.15, 0.2) is 72.8 Å². The zero-order chi connectivity index (χ0) is 18.6. The van der Waals surface area contributed by atoms with Crippen molar-refractivity contribution in [1.82, 2.24) is 0 Å². The maximum absolute atomic E-state index is 13.2. The van der Waals surface area contributed by atoms with Crippen LogP contribution in [0.5, 0.6) is 5.75 Å². The molecule has 3 aromatic carbocycles. The molecule has 0 bridgehead atoms. The van der Waals surface area contributed by atoms with Gasteiger partial charge in [-0.1, -0.05) is 36.1 Å². The first kappa shape index (κ1) is 17.2. The second-order valence-corrected chi connectivity index (χ2v) is 6.52. The highest BCUT2D eigenvalue weighted by Gasteiger charge is 2.26. The third kappa shape index (κ3) is 3.66. The van der Waals surface area contributed by atoms with Crippen LogP contribution in [0.3, 0.4) is 0 Å². The van der Waals surface area contributed by atoms with E-state index in [2.05, 4.69) is 53.1 Å². The van der Waals surface area contributed by atoms with Gasteiger partial charge in [0.25, 0.3) is 0 Å². The Labute approximate surface area is 159 Å². The molecule has 4 rings (SSSR count). The molecule has 0 amide bonds. The Kier molecular flexibility index (Phi) is 4.80. The molecule has 27 heavy (non-hydrogen) atoms. The largest absolute Gasteiger partial charge is 0.497 e.